The van der Waals surface area contributed by atoms with E-state index < -0.39 is 0 Å². The molecule has 2 N–H and O–H groups in total. The normalized spacial score (nSPS) is 14.2. The Morgan fingerprint density at radius 3 is 2.60 bits per heavy atom. The maximum absolute atomic E-state index is 5.76. The van der Waals surface area contributed by atoms with Crippen molar-refractivity contribution in [2.24, 2.45) is 11.1 Å². The van der Waals surface area contributed by atoms with Gasteiger partial charge in [0.1, 0.15) is 0 Å². The summed E-state index contributed by atoms with van der Waals surface area (Å²) in [6.45, 7) is 9.58. The number of rotatable bonds is 4. The molecule has 86 valence electrons. The van der Waals surface area contributed by atoms with Crippen molar-refractivity contribution in [2.75, 3.05) is 6.54 Å². The van der Waals surface area contributed by atoms with Crippen molar-refractivity contribution in [2.45, 2.75) is 46.6 Å². The van der Waals surface area contributed by atoms with Gasteiger partial charge in [-0.15, -0.1) is 0 Å². The molecule has 0 bridgehead atoms. The standard InChI is InChI=1S/C12H23N3/c1-5-10(7-13)15-9-14-8-11(15)6-12(2,3)4/h8-10H,5-7,13H2,1-4H3. The molecular weight excluding hydrogens is 186 g/mol. The second-order valence-corrected chi connectivity index (χ2v) is 5.33. The number of nitrogens with two attached hydrogens (primary N) is 1. The first-order valence-corrected chi connectivity index (χ1v) is 5.68. The van der Waals surface area contributed by atoms with Crippen LogP contribution >= 0.6 is 0 Å². The van der Waals surface area contributed by atoms with Crippen LogP contribution in [0, 0.1) is 5.41 Å². The summed E-state index contributed by atoms with van der Waals surface area (Å²) in [5.74, 6) is 0. The van der Waals surface area contributed by atoms with Crippen LogP contribution < -0.4 is 5.73 Å². The lowest BCUT2D eigenvalue weighted by atomic mass is 9.90. The van der Waals surface area contributed by atoms with Gasteiger partial charge in [0.05, 0.1) is 6.33 Å². The van der Waals surface area contributed by atoms with Crippen LogP contribution in [0.4, 0.5) is 0 Å². The second kappa shape index (κ2) is 4.79. The van der Waals surface area contributed by atoms with Gasteiger partial charge in [-0.3, -0.25) is 0 Å². The molecule has 0 fully saturated rings. The predicted molar refractivity (Wildman–Crippen MR) is 63.8 cm³/mol. The molecule has 0 aliphatic carbocycles. The fourth-order valence-electron chi connectivity index (χ4n) is 1.82. The first-order chi connectivity index (χ1) is 6.98. The molecule has 0 aromatic carbocycles. The summed E-state index contributed by atoms with van der Waals surface area (Å²) in [6, 6.07) is 0.393. The molecular formula is C12H23N3. The quantitative estimate of drug-likeness (QED) is 0.827. The van der Waals surface area contributed by atoms with Gasteiger partial charge in [-0.05, 0) is 18.3 Å². The minimum Gasteiger partial charge on any atom is -0.330 e. The zero-order valence-corrected chi connectivity index (χ0v) is 10.3. The van der Waals surface area contributed by atoms with Crippen molar-refractivity contribution in [3.05, 3.63) is 18.2 Å². The topological polar surface area (TPSA) is 43.8 Å². The van der Waals surface area contributed by atoms with E-state index in [1.165, 1.54) is 5.69 Å². The van der Waals surface area contributed by atoms with Crippen molar-refractivity contribution in [3.63, 3.8) is 0 Å². The average Bonchev–Trinajstić information content (AvgIpc) is 2.53. The van der Waals surface area contributed by atoms with E-state index in [1.807, 2.05) is 12.5 Å². The Kier molecular flexibility index (Phi) is 3.91. The van der Waals surface area contributed by atoms with E-state index in [0.717, 1.165) is 12.8 Å². The molecule has 3 heteroatoms. The van der Waals surface area contributed by atoms with Crippen molar-refractivity contribution in [1.82, 2.24) is 9.55 Å². The average molecular weight is 209 g/mol. The Bertz CT molecular complexity index is 292. The van der Waals surface area contributed by atoms with E-state index >= 15 is 0 Å². The zero-order chi connectivity index (χ0) is 11.5. The molecule has 0 saturated heterocycles. The third-order valence-electron chi connectivity index (χ3n) is 2.59. The van der Waals surface area contributed by atoms with Crippen LogP contribution in [0.2, 0.25) is 0 Å². The van der Waals surface area contributed by atoms with Gasteiger partial charge in [0.2, 0.25) is 0 Å². The zero-order valence-electron chi connectivity index (χ0n) is 10.3. The molecule has 1 unspecified atom stereocenters. The summed E-state index contributed by atoms with van der Waals surface area (Å²) in [6.07, 6.45) is 5.97. The molecule has 15 heavy (non-hydrogen) atoms. The molecule has 0 radical (unpaired) electrons. The number of hydrogen-bond donors (Lipinski definition) is 1. The van der Waals surface area contributed by atoms with E-state index in [1.54, 1.807) is 0 Å². The van der Waals surface area contributed by atoms with E-state index in [9.17, 15) is 0 Å². The van der Waals surface area contributed by atoms with Crippen LogP contribution in [0.1, 0.15) is 45.9 Å². The number of hydrogen-bond acceptors (Lipinski definition) is 2. The summed E-state index contributed by atoms with van der Waals surface area (Å²) in [5, 5.41) is 0. The van der Waals surface area contributed by atoms with Crippen LogP contribution in [-0.2, 0) is 6.42 Å². The van der Waals surface area contributed by atoms with Crippen LogP contribution in [0.3, 0.4) is 0 Å². The summed E-state index contributed by atoms with van der Waals surface area (Å²) < 4.78 is 2.23. The smallest absolute Gasteiger partial charge is 0.0951 e. The molecule has 1 rings (SSSR count). The van der Waals surface area contributed by atoms with Crippen LogP contribution in [0.5, 0.6) is 0 Å². The van der Waals surface area contributed by atoms with E-state index in [4.69, 9.17) is 5.73 Å². The van der Waals surface area contributed by atoms with Crippen molar-refractivity contribution in [1.29, 1.82) is 0 Å². The van der Waals surface area contributed by atoms with E-state index in [2.05, 4.69) is 37.2 Å². The fraction of sp³-hybridized carbons (Fsp3) is 0.750. The third-order valence-corrected chi connectivity index (χ3v) is 2.59. The van der Waals surface area contributed by atoms with Crippen molar-refractivity contribution in [3.8, 4) is 0 Å². The molecule has 3 nitrogen and oxygen atoms in total. The van der Waals surface area contributed by atoms with Gasteiger partial charge in [0, 0.05) is 24.5 Å². The summed E-state index contributed by atoms with van der Waals surface area (Å²) in [7, 11) is 0. The Morgan fingerprint density at radius 2 is 2.13 bits per heavy atom. The molecule has 0 spiro atoms. The van der Waals surface area contributed by atoms with Gasteiger partial charge >= 0.3 is 0 Å². The van der Waals surface area contributed by atoms with Gasteiger partial charge in [-0.25, -0.2) is 4.98 Å². The number of imidazole rings is 1. The van der Waals surface area contributed by atoms with Gasteiger partial charge in [-0.1, -0.05) is 27.7 Å². The lowest BCUT2D eigenvalue weighted by Crippen LogP contribution is -2.21. The van der Waals surface area contributed by atoms with Crippen molar-refractivity contribution >= 4 is 0 Å². The minimum absolute atomic E-state index is 0.296. The highest BCUT2D eigenvalue weighted by Gasteiger charge is 2.17. The largest absolute Gasteiger partial charge is 0.330 e. The Labute approximate surface area is 92.7 Å². The molecule has 1 aromatic heterocycles. The number of aromatic nitrogens is 2. The van der Waals surface area contributed by atoms with Gasteiger partial charge in [-0.2, -0.15) is 0 Å². The van der Waals surface area contributed by atoms with Gasteiger partial charge in [0.25, 0.3) is 0 Å². The Hall–Kier alpha value is -0.830. The first kappa shape index (κ1) is 12.2. The second-order valence-electron chi connectivity index (χ2n) is 5.33. The highest BCUT2D eigenvalue weighted by Crippen LogP contribution is 2.22. The van der Waals surface area contributed by atoms with Crippen LogP contribution in [0.25, 0.3) is 0 Å². The SMILES string of the molecule is CCC(CN)n1cncc1CC(C)(C)C. The lowest BCUT2D eigenvalue weighted by molar-refractivity contribution is 0.383. The highest BCUT2D eigenvalue weighted by atomic mass is 15.1. The summed E-state index contributed by atoms with van der Waals surface area (Å²) in [4.78, 5) is 4.23. The molecule has 1 aromatic rings. The molecule has 0 amide bonds. The molecule has 1 atom stereocenters. The van der Waals surface area contributed by atoms with E-state index in [0.29, 0.717) is 18.0 Å². The predicted octanol–water partition coefficient (Wildman–Crippen LogP) is 2.38. The highest BCUT2D eigenvalue weighted by molar-refractivity contribution is 5.03. The monoisotopic (exact) mass is 209 g/mol. The van der Waals surface area contributed by atoms with Crippen molar-refractivity contribution < 1.29 is 0 Å². The fourth-order valence-corrected chi connectivity index (χ4v) is 1.82. The van der Waals surface area contributed by atoms with Gasteiger partial charge < -0.3 is 10.3 Å². The molecule has 0 saturated carbocycles. The Morgan fingerprint density at radius 1 is 1.47 bits per heavy atom. The Balaban J connectivity index is 2.86. The van der Waals surface area contributed by atoms with Crippen LogP contribution in [-0.4, -0.2) is 16.1 Å². The minimum atomic E-state index is 0.296. The lowest BCUT2D eigenvalue weighted by Gasteiger charge is -2.22. The summed E-state index contributed by atoms with van der Waals surface area (Å²) >= 11 is 0. The molecule has 0 aliphatic heterocycles. The van der Waals surface area contributed by atoms with Crippen LogP contribution in [0.15, 0.2) is 12.5 Å². The molecule has 1 heterocycles. The first-order valence-electron chi connectivity index (χ1n) is 5.68. The van der Waals surface area contributed by atoms with E-state index in [-0.39, 0.29) is 0 Å². The maximum Gasteiger partial charge on any atom is 0.0951 e. The van der Waals surface area contributed by atoms with Gasteiger partial charge in [0.15, 0.2) is 0 Å². The third kappa shape index (κ3) is 3.34. The molecule has 0 aliphatic rings. The summed E-state index contributed by atoms with van der Waals surface area (Å²) in [5.41, 5.74) is 7.35. The maximum atomic E-state index is 5.76. The number of nitrogens with zero attached hydrogens (tertiary/aromatic N) is 2.